The summed E-state index contributed by atoms with van der Waals surface area (Å²) in [5, 5.41) is 2.86. The van der Waals surface area contributed by atoms with Crippen LogP contribution < -0.4 is 10.2 Å². The van der Waals surface area contributed by atoms with E-state index < -0.39 is 0 Å². The van der Waals surface area contributed by atoms with Crippen molar-refractivity contribution in [3.63, 3.8) is 0 Å². The fraction of sp³-hybridized carbons (Fsp3) is 0.217. The van der Waals surface area contributed by atoms with Gasteiger partial charge in [0.1, 0.15) is 5.76 Å². The monoisotopic (exact) mass is 374 g/mol. The fourth-order valence-electron chi connectivity index (χ4n) is 3.48. The number of hydrogen-bond acceptors (Lipinski definition) is 3. The molecular weight excluding hydrogens is 352 g/mol. The summed E-state index contributed by atoms with van der Waals surface area (Å²) >= 11 is 0. The Balaban J connectivity index is 1.52. The highest BCUT2D eigenvalue weighted by Crippen LogP contribution is 2.29. The summed E-state index contributed by atoms with van der Waals surface area (Å²) < 4.78 is 5.24. The number of fused-ring (bicyclic) bond motifs is 1. The molecule has 0 radical (unpaired) electrons. The van der Waals surface area contributed by atoms with Crippen molar-refractivity contribution >= 4 is 17.5 Å². The lowest BCUT2D eigenvalue weighted by Gasteiger charge is -2.30. The van der Waals surface area contributed by atoms with Crippen LogP contribution in [0.25, 0.3) is 0 Å². The molecule has 3 aromatic rings. The summed E-state index contributed by atoms with van der Waals surface area (Å²) in [6.07, 6.45) is 3.31. The van der Waals surface area contributed by atoms with Crippen molar-refractivity contribution in [2.24, 2.45) is 0 Å². The van der Waals surface area contributed by atoms with Gasteiger partial charge in [0.05, 0.1) is 12.8 Å². The number of nitrogens with zero attached hydrogens (tertiary/aromatic N) is 1. The quantitative estimate of drug-likeness (QED) is 0.747. The maximum atomic E-state index is 13.0. The standard InChI is InChI=1S/C23H22N2O3/c1-16-6-8-17(9-7-16)23(27)25-12-2-4-18-14-19(10-11-21(18)25)22(26)24-15-20-5-3-13-28-20/h3,5-11,13-14H,2,4,12,15H2,1H3,(H,24,26). The molecule has 28 heavy (non-hydrogen) atoms. The molecule has 2 heterocycles. The highest BCUT2D eigenvalue weighted by molar-refractivity contribution is 6.07. The van der Waals surface area contributed by atoms with Crippen molar-refractivity contribution in [3.8, 4) is 0 Å². The molecule has 1 N–H and O–H groups in total. The minimum Gasteiger partial charge on any atom is -0.467 e. The molecule has 2 amide bonds. The minimum atomic E-state index is -0.152. The number of rotatable bonds is 4. The third-order valence-electron chi connectivity index (χ3n) is 5.01. The first kappa shape index (κ1) is 18.0. The van der Waals surface area contributed by atoms with Crippen molar-refractivity contribution in [3.05, 3.63) is 88.9 Å². The van der Waals surface area contributed by atoms with Gasteiger partial charge in [-0.2, -0.15) is 0 Å². The molecule has 0 unspecified atom stereocenters. The SMILES string of the molecule is Cc1ccc(C(=O)N2CCCc3cc(C(=O)NCc4ccco4)ccc32)cc1. The van der Waals surface area contributed by atoms with Crippen LogP contribution in [-0.2, 0) is 13.0 Å². The van der Waals surface area contributed by atoms with E-state index in [-0.39, 0.29) is 11.8 Å². The highest BCUT2D eigenvalue weighted by Gasteiger charge is 2.24. The topological polar surface area (TPSA) is 62.6 Å². The number of aryl methyl sites for hydroxylation is 2. The lowest BCUT2D eigenvalue weighted by atomic mass is 9.98. The van der Waals surface area contributed by atoms with E-state index in [0.29, 0.717) is 30.0 Å². The van der Waals surface area contributed by atoms with Crippen LogP contribution in [-0.4, -0.2) is 18.4 Å². The van der Waals surface area contributed by atoms with Gasteiger partial charge in [0.2, 0.25) is 0 Å². The van der Waals surface area contributed by atoms with Gasteiger partial charge in [0.25, 0.3) is 11.8 Å². The summed E-state index contributed by atoms with van der Waals surface area (Å²) in [5.74, 6) is 0.554. The van der Waals surface area contributed by atoms with Crippen LogP contribution in [0.5, 0.6) is 0 Å². The Labute approximate surface area is 164 Å². The first-order valence-corrected chi connectivity index (χ1v) is 9.44. The third kappa shape index (κ3) is 3.69. The molecule has 1 aromatic heterocycles. The normalized spacial score (nSPS) is 13.1. The fourth-order valence-corrected chi connectivity index (χ4v) is 3.48. The van der Waals surface area contributed by atoms with Gasteiger partial charge in [-0.15, -0.1) is 0 Å². The van der Waals surface area contributed by atoms with Gasteiger partial charge in [0, 0.05) is 23.4 Å². The molecule has 0 atom stereocenters. The minimum absolute atomic E-state index is 0.00373. The van der Waals surface area contributed by atoms with Crippen LogP contribution in [0.2, 0.25) is 0 Å². The van der Waals surface area contributed by atoms with Crippen molar-refractivity contribution in [2.45, 2.75) is 26.3 Å². The van der Waals surface area contributed by atoms with Crippen LogP contribution in [0, 0.1) is 6.92 Å². The predicted molar refractivity (Wildman–Crippen MR) is 107 cm³/mol. The van der Waals surface area contributed by atoms with E-state index in [1.807, 2.05) is 54.3 Å². The van der Waals surface area contributed by atoms with Gasteiger partial charge in [-0.25, -0.2) is 0 Å². The highest BCUT2D eigenvalue weighted by atomic mass is 16.3. The average Bonchev–Trinajstić information content (AvgIpc) is 3.25. The van der Waals surface area contributed by atoms with Gasteiger partial charge in [-0.05, 0) is 67.8 Å². The Morgan fingerprint density at radius 1 is 1.07 bits per heavy atom. The summed E-state index contributed by atoms with van der Waals surface area (Å²) in [6.45, 7) is 3.04. The van der Waals surface area contributed by atoms with E-state index in [0.717, 1.165) is 29.7 Å². The molecule has 1 aliphatic rings. The van der Waals surface area contributed by atoms with Crippen LogP contribution in [0.4, 0.5) is 5.69 Å². The maximum absolute atomic E-state index is 13.0. The summed E-state index contributed by atoms with van der Waals surface area (Å²) in [5.41, 5.74) is 4.31. The van der Waals surface area contributed by atoms with Crippen molar-refractivity contribution in [1.29, 1.82) is 0 Å². The zero-order valence-corrected chi connectivity index (χ0v) is 15.8. The van der Waals surface area contributed by atoms with Crippen LogP contribution in [0.3, 0.4) is 0 Å². The summed E-state index contributed by atoms with van der Waals surface area (Å²) in [6, 6.07) is 16.8. The Hall–Kier alpha value is -3.34. The van der Waals surface area contributed by atoms with Crippen LogP contribution >= 0.6 is 0 Å². The van der Waals surface area contributed by atoms with Gasteiger partial charge in [-0.3, -0.25) is 9.59 Å². The largest absolute Gasteiger partial charge is 0.467 e. The third-order valence-corrected chi connectivity index (χ3v) is 5.01. The first-order chi connectivity index (χ1) is 13.6. The Morgan fingerprint density at radius 3 is 2.61 bits per heavy atom. The second-order valence-corrected chi connectivity index (χ2v) is 7.03. The van der Waals surface area contributed by atoms with Crippen molar-refractivity contribution in [2.75, 3.05) is 11.4 Å². The van der Waals surface area contributed by atoms with E-state index >= 15 is 0 Å². The Morgan fingerprint density at radius 2 is 1.86 bits per heavy atom. The van der Waals surface area contributed by atoms with Gasteiger partial charge in [-0.1, -0.05) is 17.7 Å². The smallest absolute Gasteiger partial charge is 0.258 e. The van der Waals surface area contributed by atoms with E-state index in [4.69, 9.17) is 4.42 Å². The zero-order valence-electron chi connectivity index (χ0n) is 15.8. The van der Waals surface area contributed by atoms with E-state index in [1.165, 1.54) is 0 Å². The molecule has 1 aliphatic heterocycles. The number of nitrogens with one attached hydrogen (secondary N) is 1. The van der Waals surface area contributed by atoms with Gasteiger partial charge >= 0.3 is 0 Å². The number of carbonyl (C=O) groups excluding carboxylic acids is 2. The molecule has 0 saturated carbocycles. The van der Waals surface area contributed by atoms with Crippen LogP contribution in [0.1, 0.15) is 44.0 Å². The lowest BCUT2D eigenvalue weighted by molar-refractivity contribution is 0.0947. The number of hydrogen-bond donors (Lipinski definition) is 1. The molecule has 5 heteroatoms. The summed E-state index contributed by atoms with van der Waals surface area (Å²) in [4.78, 5) is 27.2. The predicted octanol–water partition coefficient (Wildman–Crippen LogP) is 4.11. The van der Waals surface area contributed by atoms with Gasteiger partial charge < -0.3 is 14.6 Å². The van der Waals surface area contributed by atoms with E-state index in [2.05, 4.69) is 5.32 Å². The summed E-state index contributed by atoms with van der Waals surface area (Å²) in [7, 11) is 0. The molecule has 0 fully saturated rings. The van der Waals surface area contributed by atoms with Crippen molar-refractivity contribution in [1.82, 2.24) is 5.32 Å². The van der Waals surface area contributed by atoms with E-state index in [9.17, 15) is 9.59 Å². The molecule has 2 aromatic carbocycles. The number of benzene rings is 2. The zero-order chi connectivity index (χ0) is 19.5. The number of amides is 2. The second-order valence-electron chi connectivity index (χ2n) is 7.03. The first-order valence-electron chi connectivity index (χ1n) is 9.44. The molecule has 0 aliphatic carbocycles. The maximum Gasteiger partial charge on any atom is 0.258 e. The Bertz CT molecular complexity index is 991. The van der Waals surface area contributed by atoms with Gasteiger partial charge in [0.15, 0.2) is 0 Å². The second kappa shape index (κ2) is 7.72. The number of anilines is 1. The molecule has 0 saturated heterocycles. The molecule has 0 bridgehead atoms. The van der Waals surface area contributed by atoms with Crippen LogP contribution in [0.15, 0.2) is 65.3 Å². The molecule has 142 valence electrons. The lowest BCUT2D eigenvalue weighted by Crippen LogP contribution is -2.35. The van der Waals surface area contributed by atoms with Crippen molar-refractivity contribution < 1.29 is 14.0 Å². The number of carbonyl (C=O) groups is 2. The molecule has 0 spiro atoms. The molecule has 5 nitrogen and oxygen atoms in total. The molecule has 4 rings (SSSR count). The molecular formula is C23H22N2O3. The Kier molecular flexibility index (Phi) is 4.98. The van der Waals surface area contributed by atoms with E-state index in [1.54, 1.807) is 18.4 Å². The number of furan rings is 1. The average molecular weight is 374 g/mol.